The van der Waals surface area contributed by atoms with Crippen LogP contribution in [0.1, 0.15) is 19.8 Å². The number of carbonyl (C=O) groups is 1. The number of pyridine rings is 1. The number of nitrogens with zero attached hydrogens (tertiary/aromatic N) is 2. The molecule has 0 atom stereocenters. The molecule has 0 radical (unpaired) electrons. The van der Waals surface area contributed by atoms with E-state index in [1.165, 1.54) is 0 Å². The molecule has 1 aromatic heterocycles. The van der Waals surface area contributed by atoms with Crippen molar-refractivity contribution in [1.82, 2.24) is 9.88 Å². The van der Waals surface area contributed by atoms with Crippen LogP contribution >= 0.6 is 0 Å². The summed E-state index contributed by atoms with van der Waals surface area (Å²) < 4.78 is 11.2. The van der Waals surface area contributed by atoms with Gasteiger partial charge in [-0.1, -0.05) is 13.3 Å². The van der Waals surface area contributed by atoms with Crippen molar-refractivity contribution in [3.05, 3.63) is 18.3 Å². The van der Waals surface area contributed by atoms with Gasteiger partial charge in [0.1, 0.15) is 0 Å². The molecule has 1 spiro atoms. The summed E-state index contributed by atoms with van der Waals surface area (Å²) >= 11 is 0. The van der Waals surface area contributed by atoms with E-state index >= 15 is 0 Å². The summed E-state index contributed by atoms with van der Waals surface area (Å²) in [6.07, 6.45) is 3.41. The fourth-order valence-electron chi connectivity index (χ4n) is 2.47. The zero-order valence-electron chi connectivity index (χ0n) is 11.6. The van der Waals surface area contributed by atoms with Crippen LogP contribution in [0.5, 0.6) is 5.75 Å². The summed E-state index contributed by atoms with van der Waals surface area (Å²) in [7, 11) is 0. The molecule has 2 aliphatic rings. The van der Waals surface area contributed by atoms with Crippen LogP contribution in [0.4, 0.5) is 10.6 Å². The first-order chi connectivity index (χ1) is 9.72. The van der Waals surface area contributed by atoms with Gasteiger partial charge in [-0.2, -0.15) is 0 Å². The minimum Gasteiger partial charge on any atom is -0.478 e. The topological polar surface area (TPSA) is 63.7 Å². The van der Waals surface area contributed by atoms with Crippen molar-refractivity contribution in [2.75, 3.05) is 31.6 Å². The number of unbranched alkanes of at least 4 members (excludes halogenated alkanes) is 1. The molecule has 1 fully saturated rings. The average molecular weight is 277 g/mol. The number of aromatic nitrogens is 1. The average Bonchev–Trinajstić information content (AvgIpc) is 2.44. The molecule has 20 heavy (non-hydrogen) atoms. The Morgan fingerprint density at radius 3 is 3.25 bits per heavy atom. The highest BCUT2D eigenvalue weighted by Gasteiger charge is 2.50. The minimum atomic E-state index is -0.334. The fourth-order valence-corrected chi connectivity index (χ4v) is 2.47. The van der Waals surface area contributed by atoms with Crippen molar-refractivity contribution in [2.24, 2.45) is 0 Å². The normalized spacial score (nSPS) is 18.6. The van der Waals surface area contributed by atoms with Crippen molar-refractivity contribution in [3.8, 4) is 5.75 Å². The molecule has 3 rings (SSSR count). The minimum absolute atomic E-state index is 0.246. The lowest BCUT2D eigenvalue weighted by atomic mass is 9.93. The number of rotatable bonds is 3. The number of likely N-dealkylation sites (tertiary alicyclic amines) is 1. The molecule has 108 valence electrons. The predicted molar refractivity (Wildman–Crippen MR) is 73.9 cm³/mol. The van der Waals surface area contributed by atoms with Crippen LogP contribution in [-0.4, -0.2) is 47.8 Å². The maximum atomic E-state index is 11.8. The van der Waals surface area contributed by atoms with Gasteiger partial charge in [0.05, 0.1) is 26.2 Å². The van der Waals surface area contributed by atoms with Gasteiger partial charge in [0, 0.05) is 6.20 Å². The highest BCUT2D eigenvalue weighted by Crippen LogP contribution is 2.35. The Hall–Kier alpha value is -1.98. The molecule has 0 aromatic carbocycles. The summed E-state index contributed by atoms with van der Waals surface area (Å²) in [5.41, 5.74) is -0.334. The Morgan fingerprint density at radius 1 is 1.60 bits per heavy atom. The number of hydrogen-bond donors (Lipinski definition) is 1. The summed E-state index contributed by atoms with van der Waals surface area (Å²) in [6.45, 7) is 4.33. The Balaban J connectivity index is 1.54. The van der Waals surface area contributed by atoms with Gasteiger partial charge >= 0.3 is 6.09 Å². The van der Waals surface area contributed by atoms with Crippen molar-refractivity contribution in [1.29, 1.82) is 0 Å². The standard InChI is InChI=1S/C14H19N3O3/c1-2-3-7-19-13(18)17-9-14(10-17)8-16-12-11(20-14)5-4-6-15-12/h4-6H,2-3,7-10H2,1H3,(H,15,16). The second-order valence-corrected chi connectivity index (χ2v) is 5.31. The second-order valence-electron chi connectivity index (χ2n) is 5.31. The van der Waals surface area contributed by atoms with Gasteiger partial charge in [-0.15, -0.1) is 0 Å². The summed E-state index contributed by atoms with van der Waals surface area (Å²) in [5.74, 6) is 1.51. The number of ether oxygens (including phenoxy) is 2. The highest BCUT2D eigenvalue weighted by molar-refractivity contribution is 5.69. The Morgan fingerprint density at radius 2 is 2.45 bits per heavy atom. The quantitative estimate of drug-likeness (QED) is 0.855. The molecule has 1 amide bonds. The lowest BCUT2D eigenvalue weighted by Gasteiger charge is -2.50. The second kappa shape index (κ2) is 5.19. The van der Waals surface area contributed by atoms with Gasteiger partial charge in [-0.25, -0.2) is 9.78 Å². The zero-order valence-corrected chi connectivity index (χ0v) is 11.6. The molecular weight excluding hydrogens is 258 g/mol. The molecule has 3 heterocycles. The Bertz CT molecular complexity index is 500. The molecule has 0 aliphatic carbocycles. The molecule has 1 saturated heterocycles. The number of amides is 1. The van der Waals surface area contributed by atoms with Crippen LogP contribution in [0.3, 0.4) is 0 Å². The monoisotopic (exact) mass is 277 g/mol. The third-order valence-corrected chi connectivity index (χ3v) is 3.61. The van der Waals surface area contributed by atoms with Crippen molar-refractivity contribution < 1.29 is 14.3 Å². The molecule has 2 aliphatic heterocycles. The molecular formula is C14H19N3O3. The number of fused-ring (bicyclic) bond motifs is 1. The number of carbonyl (C=O) groups excluding carboxylic acids is 1. The summed E-state index contributed by atoms with van der Waals surface area (Å²) in [6, 6.07) is 3.73. The van der Waals surface area contributed by atoms with Crippen LogP contribution < -0.4 is 10.1 Å². The van der Waals surface area contributed by atoms with E-state index in [0.717, 1.165) is 24.4 Å². The number of hydrogen-bond acceptors (Lipinski definition) is 5. The van der Waals surface area contributed by atoms with E-state index in [1.807, 2.05) is 12.1 Å². The van der Waals surface area contributed by atoms with Crippen LogP contribution in [0.2, 0.25) is 0 Å². The molecule has 0 saturated carbocycles. The first-order valence-corrected chi connectivity index (χ1v) is 7.02. The number of nitrogens with one attached hydrogen (secondary N) is 1. The van der Waals surface area contributed by atoms with E-state index in [4.69, 9.17) is 9.47 Å². The summed E-state index contributed by atoms with van der Waals surface area (Å²) in [4.78, 5) is 17.7. The van der Waals surface area contributed by atoms with Gasteiger partial charge < -0.3 is 14.8 Å². The van der Waals surface area contributed by atoms with Gasteiger partial charge in [0.15, 0.2) is 17.2 Å². The lowest BCUT2D eigenvalue weighted by Crippen LogP contribution is -2.70. The van der Waals surface area contributed by atoms with Crippen molar-refractivity contribution >= 4 is 11.9 Å². The molecule has 1 N–H and O–H groups in total. The van der Waals surface area contributed by atoms with Crippen molar-refractivity contribution in [3.63, 3.8) is 0 Å². The van der Waals surface area contributed by atoms with E-state index in [-0.39, 0.29) is 11.7 Å². The van der Waals surface area contributed by atoms with Crippen LogP contribution in [-0.2, 0) is 4.74 Å². The first kappa shape index (κ1) is 13.0. The van der Waals surface area contributed by atoms with Crippen LogP contribution in [0.15, 0.2) is 18.3 Å². The molecule has 1 aromatic rings. The lowest BCUT2D eigenvalue weighted by molar-refractivity contribution is -0.0641. The van der Waals surface area contributed by atoms with Gasteiger partial charge in [0.2, 0.25) is 0 Å². The van der Waals surface area contributed by atoms with Gasteiger partial charge in [0.25, 0.3) is 0 Å². The fraction of sp³-hybridized carbons (Fsp3) is 0.571. The Kier molecular flexibility index (Phi) is 3.38. The first-order valence-electron chi connectivity index (χ1n) is 7.02. The third kappa shape index (κ3) is 2.37. The van der Waals surface area contributed by atoms with Crippen molar-refractivity contribution in [2.45, 2.75) is 25.4 Å². The SMILES string of the molecule is CCCCOC(=O)N1CC2(CNc3ncccc3O2)C1. The van der Waals surface area contributed by atoms with Gasteiger partial charge in [-0.3, -0.25) is 4.90 Å². The predicted octanol–water partition coefficient (Wildman–Crippen LogP) is 1.88. The maximum absolute atomic E-state index is 11.8. The van der Waals surface area contributed by atoms with E-state index < -0.39 is 0 Å². The van der Waals surface area contributed by atoms with E-state index in [0.29, 0.717) is 26.2 Å². The highest BCUT2D eigenvalue weighted by atomic mass is 16.6. The number of anilines is 1. The largest absolute Gasteiger partial charge is 0.478 e. The zero-order chi connectivity index (χ0) is 14.0. The van der Waals surface area contributed by atoms with E-state index in [2.05, 4.69) is 17.2 Å². The summed E-state index contributed by atoms with van der Waals surface area (Å²) in [5, 5.41) is 3.25. The van der Waals surface area contributed by atoms with Crippen LogP contribution in [0, 0.1) is 0 Å². The Labute approximate surface area is 118 Å². The smallest absolute Gasteiger partial charge is 0.410 e. The molecule has 0 bridgehead atoms. The van der Waals surface area contributed by atoms with Gasteiger partial charge in [-0.05, 0) is 18.6 Å². The van der Waals surface area contributed by atoms with Crippen LogP contribution in [0.25, 0.3) is 0 Å². The molecule has 0 unspecified atom stereocenters. The third-order valence-electron chi connectivity index (χ3n) is 3.61. The molecule has 6 nitrogen and oxygen atoms in total. The maximum Gasteiger partial charge on any atom is 0.410 e. The van der Waals surface area contributed by atoms with E-state index in [1.54, 1.807) is 11.1 Å². The molecule has 6 heteroatoms. The van der Waals surface area contributed by atoms with E-state index in [9.17, 15) is 4.79 Å².